The predicted octanol–water partition coefficient (Wildman–Crippen LogP) is 0.279. The maximum Gasteiger partial charge on any atom is 0.0211 e. The first-order valence-electron chi connectivity index (χ1n) is 2.23. The molecule has 0 saturated carbocycles. The molecule has 0 fully saturated rings. The van der Waals surface area contributed by atoms with Gasteiger partial charge in [0.15, 0.2) is 0 Å². The quantitative estimate of drug-likeness (QED) is 0.399. The molecule has 0 aliphatic heterocycles. The van der Waals surface area contributed by atoms with Crippen molar-refractivity contribution in [3.8, 4) is 11.8 Å². The van der Waals surface area contributed by atoms with Crippen molar-refractivity contribution in [2.24, 2.45) is 0 Å². The smallest absolute Gasteiger partial charge is 0.0211 e. The Labute approximate surface area is 51.6 Å². The Morgan fingerprint density at radius 2 is 2.38 bits per heavy atom. The van der Waals surface area contributed by atoms with Crippen molar-refractivity contribution in [2.45, 2.75) is 13.3 Å². The van der Waals surface area contributed by atoms with Crippen molar-refractivity contribution in [3.63, 3.8) is 0 Å². The van der Waals surface area contributed by atoms with Crippen LogP contribution in [0.3, 0.4) is 0 Å². The molecule has 0 amide bonds. The molecular weight excluding hydrogens is 124 g/mol. The van der Waals surface area contributed by atoms with Gasteiger partial charge in [-0.3, -0.25) is 4.21 Å². The molecule has 0 saturated heterocycles. The summed E-state index contributed by atoms with van der Waals surface area (Å²) >= 11 is -1.92. The van der Waals surface area contributed by atoms with E-state index >= 15 is 0 Å². The SMILES string of the molecule is CC#CCCS(=O)[O-]. The van der Waals surface area contributed by atoms with Gasteiger partial charge in [0.1, 0.15) is 0 Å². The van der Waals surface area contributed by atoms with Crippen LogP contribution in [0, 0.1) is 11.8 Å². The third-order valence-corrected chi connectivity index (χ3v) is 1.11. The summed E-state index contributed by atoms with van der Waals surface area (Å²) in [5, 5.41) is 0. The van der Waals surface area contributed by atoms with E-state index in [1.54, 1.807) is 6.92 Å². The van der Waals surface area contributed by atoms with E-state index in [4.69, 9.17) is 0 Å². The molecule has 1 atom stereocenters. The standard InChI is InChI=1S/C5H8O2S/c1-2-3-4-5-8(6)7/h4-5H2,1H3,(H,6,7)/p-1. The fourth-order valence-electron chi connectivity index (χ4n) is 0.259. The van der Waals surface area contributed by atoms with Crippen molar-refractivity contribution in [1.29, 1.82) is 0 Å². The highest BCUT2D eigenvalue weighted by Crippen LogP contribution is 1.78. The van der Waals surface area contributed by atoms with Crippen LogP contribution in [0.5, 0.6) is 0 Å². The Balaban J connectivity index is 3.14. The van der Waals surface area contributed by atoms with Crippen molar-refractivity contribution in [2.75, 3.05) is 5.75 Å². The van der Waals surface area contributed by atoms with Crippen LogP contribution in [0.1, 0.15) is 13.3 Å². The van der Waals surface area contributed by atoms with Gasteiger partial charge in [-0.05, 0) is 6.92 Å². The van der Waals surface area contributed by atoms with E-state index in [9.17, 15) is 8.76 Å². The molecule has 8 heavy (non-hydrogen) atoms. The summed E-state index contributed by atoms with van der Waals surface area (Å²) in [6.07, 6.45) is 0.451. The number of rotatable bonds is 2. The van der Waals surface area contributed by atoms with Crippen LogP contribution in [0.25, 0.3) is 0 Å². The second-order valence-corrected chi connectivity index (χ2v) is 2.20. The molecule has 1 unspecified atom stereocenters. The van der Waals surface area contributed by atoms with Gasteiger partial charge in [-0.2, -0.15) is 0 Å². The van der Waals surface area contributed by atoms with E-state index in [-0.39, 0.29) is 5.75 Å². The summed E-state index contributed by atoms with van der Waals surface area (Å²) in [4.78, 5) is 0. The second kappa shape index (κ2) is 4.82. The molecular formula is C5H7O2S-. The molecule has 0 aromatic rings. The number of hydrogen-bond acceptors (Lipinski definition) is 2. The molecule has 0 aromatic carbocycles. The van der Waals surface area contributed by atoms with Gasteiger partial charge in [0.25, 0.3) is 0 Å². The highest BCUT2D eigenvalue weighted by molar-refractivity contribution is 7.79. The summed E-state index contributed by atoms with van der Waals surface area (Å²) in [5.74, 6) is 5.39. The maximum absolute atomic E-state index is 9.81. The molecule has 0 heterocycles. The largest absolute Gasteiger partial charge is 0.772 e. The zero-order valence-electron chi connectivity index (χ0n) is 4.64. The fourth-order valence-corrected chi connectivity index (χ4v) is 0.528. The first-order valence-corrected chi connectivity index (χ1v) is 3.47. The van der Waals surface area contributed by atoms with Crippen molar-refractivity contribution >= 4 is 11.1 Å². The lowest BCUT2D eigenvalue weighted by Crippen LogP contribution is -1.92. The van der Waals surface area contributed by atoms with E-state index in [0.717, 1.165) is 0 Å². The lowest BCUT2D eigenvalue weighted by atomic mass is 10.5. The molecule has 46 valence electrons. The van der Waals surface area contributed by atoms with E-state index in [2.05, 4.69) is 11.8 Å². The summed E-state index contributed by atoms with van der Waals surface area (Å²) in [6.45, 7) is 1.69. The predicted molar refractivity (Wildman–Crippen MR) is 31.9 cm³/mol. The third-order valence-electron chi connectivity index (χ3n) is 0.571. The van der Waals surface area contributed by atoms with Crippen LogP contribution in [0.15, 0.2) is 0 Å². The molecule has 0 rings (SSSR count). The highest BCUT2D eigenvalue weighted by Gasteiger charge is 1.77. The summed E-state index contributed by atoms with van der Waals surface area (Å²) in [7, 11) is 0. The molecule has 0 N–H and O–H groups in total. The molecule has 0 spiro atoms. The van der Waals surface area contributed by atoms with E-state index in [0.29, 0.717) is 6.42 Å². The van der Waals surface area contributed by atoms with Crippen LogP contribution in [0.2, 0.25) is 0 Å². The molecule has 0 aromatic heterocycles. The van der Waals surface area contributed by atoms with Crippen LogP contribution in [-0.4, -0.2) is 14.5 Å². The second-order valence-electron chi connectivity index (χ2n) is 1.18. The van der Waals surface area contributed by atoms with Crippen LogP contribution in [-0.2, 0) is 11.1 Å². The molecule has 0 aliphatic carbocycles. The minimum atomic E-state index is -1.92. The summed E-state index contributed by atoms with van der Waals surface area (Å²) in [6, 6.07) is 0. The van der Waals surface area contributed by atoms with Crippen LogP contribution >= 0.6 is 0 Å². The lowest BCUT2D eigenvalue weighted by Gasteiger charge is -1.97. The Bertz CT molecular complexity index is 131. The minimum Gasteiger partial charge on any atom is -0.772 e. The molecule has 3 heteroatoms. The summed E-state index contributed by atoms with van der Waals surface area (Å²) < 4.78 is 19.6. The van der Waals surface area contributed by atoms with E-state index in [1.165, 1.54) is 0 Å². The Morgan fingerprint density at radius 1 is 1.75 bits per heavy atom. The topological polar surface area (TPSA) is 40.1 Å². The highest BCUT2D eigenvalue weighted by atomic mass is 32.2. The Hall–Kier alpha value is -0.330. The van der Waals surface area contributed by atoms with Gasteiger partial charge in [0.05, 0.1) is 0 Å². The van der Waals surface area contributed by atoms with Gasteiger partial charge < -0.3 is 4.55 Å². The summed E-state index contributed by atoms with van der Waals surface area (Å²) in [5.41, 5.74) is 0. The molecule has 2 nitrogen and oxygen atoms in total. The third kappa shape index (κ3) is 5.67. The fraction of sp³-hybridized carbons (Fsp3) is 0.600. The Morgan fingerprint density at radius 3 is 2.75 bits per heavy atom. The first-order chi connectivity index (χ1) is 3.77. The lowest BCUT2D eigenvalue weighted by molar-refractivity contribution is 0.537. The van der Waals surface area contributed by atoms with Gasteiger partial charge in [-0.15, -0.1) is 11.8 Å². The van der Waals surface area contributed by atoms with Gasteiger partial charge in [-0.25, -0.2) is 0 Å². The van der Waals surface area contributed by atoms with Gasteiger partial charge in [0.2, 0.25) is 0 Å². The van der Waals surface area contributed by atoms with Gasteiger partial charge in [0, 0.05) is 12.2 Å². The zero-order chi connectivity index (χ0) is 6.41. The molecule has 0 aliphatic rings. The van der Waals surface area contributed by atoms with E-state index < -0.39 is 11.1 Å². The minimum absolute atomic E-state index is 0.154. The Kier molecular flexibility index (Phi) is 4.62. The monoisotopic (exact) mass is 131 g/mol. The van der Waals surface area contributed by atoms with Crippen molar-refractivity contribution in [1.82, 2.24) is 0 Å². The average molecular weight is 131 g/mol. The van der Waals surface area contributed by atoms with Gasteiger partial charge >= 0.3 is 0 Å². The zero-order valence-corrected chi connectivity index (χ0v) is 5.46. The van der Waals surface area contributed by atoms with E-state index in [1.807, 2.05) is 0 Å². The number of hydrogen-bond donors (Lipinski definition) is 0. The van der Waals surface area contributed by atoms with Crippen LogP contribution < -0.4 is 0 Å². The first kappa shape index (κ1) is 7.67. The van der Waals surface area contributed by atoms with Gasteiger partial charge in [-0.1, -0.05) is 11.1 Å². The average Bonchev–Trinajstić information content (AvgIpc) is 1.66. The molecule has 0 radical (unpaired) electrons. The maximum atomic E-state index is 9.81. The molecule has 0 bridgehead atoms. The normalized spacial score (nSPS) is 11.8. The van der Waals surface area contributed by atoms with Crippen LogP contribution in [0.4, 0.5) is 0 Å². The van der Waals surface area contributed by atoms with Crippen molar-refractivity contribution in [3.05, 3.63) is 0 Å². The van der Waals surface area contributed by atoms with Crippen molar-refractivity contribution < 1.29 is 8.76 Å².